The van der Waals surface area contributed by atoms with E-state index in [2.05, 4.69) is 64.4 Å². The molecule has 0 saturated carbocycles. The first kappa shape index (κ1) is 13.6. The van der Waals surface area contributed by atoms with Crippen LogP contribution in [0.3, 0.4) is 0 Å². The second-order valence-electron chi connectivity index (χ2n) is 5.02. The molecule has 0 N–H and O–H groups in total. The lowest BCUT2D eigenvalue weighted by Crippen LogP contribution is -2.22. The predicted octanol–water partition coefficient (Wildman–Crippen LogP) is 5.49. The van der Waals surface area contributed by atoms with Gasteiger partial charge < -0.3 is 0 Å². The first-order valence-corrected chi connectivity index (χ1v) is 7.36. The molecule has 0 heterocycles. The molecule has 0 fully saturated rings. The lowest BCUT2D eigenvalue weighted by atomic mass is 9.61. The Morgan fingerprint density at radius 1 is 1.53 bits per heavy atom. The summed E-state index contributed by atoms with van der Waals surface area (Å²) >= 11 is 7.35. The molecule has 1 atom stereocenters. The summed E-state index contributed by atoms with van der Waals surface area (Å²) in [5.74, 6) is 0. The van der Waals surface area contributed by atoms with Gasteiger partial charge in [-0.2, -0.15) is 0 Å². The summed E-state index contributed by atoms with van der Waals surface area (Å²) in [5, 5.41) is 0.375. The van der Waals surface area contributed by atoms with Crippen LogP contribution in [0.25, 0.3) is 0 Å². The molecule has 0 saturated heterocycles. The van der Waals surface area contributed by atoms with Crippen molar-refractivity contribution in [2.24, 2.45) is 0 Å². The van der Waals surface area contributed by atoms with Crippen molar-refractivity contribution in [2.45, 2.75) is 51.8 Å². The van der Waals surface area contributed by atoms with E-state index in [-0.39, 0.29) is 0 Å². The van der Waals surface area contributed by atoms with E-state index in [1.807, 2.05) is 0 Å². The molecule has 0 amide bonds. The largest absolute Gasteiger partial charge is 0.304 e. The summed E-state index contributed by atoms with van der Waals surface area (Å²) in [5.41, 5.74) is 3.01. The Morgan fingerprint density at radius 2 is 2.20 bits per heavy atom. The highest BCUT2D eigenvalue weighted by molar-refractivity contribution is 9.49. The van der Waals surface area contributed by atoms with Gasteiger partial charge in [0.2, 0.25) is 0 Å². The highest BCUT2D eigenvalue weighted by Gasteiger charge is 2.35. The van der Waals surface area contributed by atoms with Crippen LogP contribution in [-0.4, -0.2) is 4.36 Å². The maximum atomic E-state index is 3.67. The molecule has 0 aliphatic heterocycles. The fraction of sp³-hybridized carbons (Fsp3) is 0.667. The highest BCUT2D eigenvalue weighted by Crippen LogP contribution is 2.49. The fourth-order valence-electron chi connectivity index (χ4n) is 1.96. The Hall–Kier alpha value is 0.505. The molecular formula is C12H19BBr2. The van der Waals surface area contributed by atoms with Crippen LogP contribution in [0.5, 0.6) is 0 Å². The van der Waals surface area contributed by atoms with Crippen LogP contribution in [-0.2, 0) is 0 Å². The number of halogens is 2. The van der Waals surface area contributed by atoms with Crippen LogP contribution < -0.4 is 0 Å². The minimum Gasteiger partial charge on any atom is -0.139 e. The molecule has 0 aromatic rings. The Kier molecular flexibility index (Phi) is 5.17. The van der Waals surface area contributed by atoms with Crippen molar-refractivity contribution in [3.8, 4) is 0 Å². The van der Waals surface area contributed by atoms with Gasteiger partial charge in [-0.1, -0.05) is 30.2 Å². The van der Waals surface area contributed by atoms with Crippen LogP contribution in [0, 0.1) is 0 Å². The van der Waals surface area contributed by atoms with Gasteiger partial charge >= 0.3 is 4.36 Å². The maximum absolute atomic E-state index is 3.67. The van der Waals surface area contributed by atoms with Crippen LogP contribution >= 0.6 is 31.5 Å². The Labute approximate surface area is 111 Å². The number of hydrogen-bond acceptors (Lipinski definition) is 0. The molecule has 84 valence electrons. The van der Waals surface area contributed by atoms with Crippen molar-refractivity contribution < 1.29 is 0 Å². The molecule has 1 rings (SSSR count). The lowest BCUT2D eigenvalue weighted by Gasteiger charge is -2.34. The van der Waals surface area contributed by atoms with Crippen molar-refractivity contribution in [2.75, 3.05) is 0 Å². The molecule has 1 unspecified atom stereocenters. The van der Waals surface area contributed by atoms with Crippen LogP contribution in [0.2, 0.25) is 5.31 Å². The van der Waals surface area contributed by atoms with E-state index in [4.69, 9.17) is 0 Å². The van der Waals surface area contributed by atoms with E-state index in [0.717, 1.165) is 6.42 Å². The van der Waals surface area contributed by atoms with E-state index >= 15 is 0 Å². The van der Waals surface area contributed by atoms with Gasteiger partial charge in [0.05, 0.1) is 0 Å². The molecule has 0 nitrogen and oxygen atoms in total. The van der Waals surface area contributed by atoms with Crippen LogP contribution in [0.1, 0.15) is 46.5 Å². The van der Waals surface area contributed by atoms with Crippen molar-refractivity contribution in [1.82, 2.24) is 0 Å². The van der Waals surface area contributed by atoms with Crippen LogP contribution in [0.15, 0.2) is 23.3 Å². The van der Waals surface area contributed by atoms with Crippen molar-refractivity contribution in [3.05, 3.63) is 23.3 Å². The first-order chi connectivity index (χ1) is 6.94. The highest BCUT2D eigenvalue weighted by atomic mass is 79.9. The minimum atomic E-state index is 0.375. The SMILES string of the molecule is CC(C)=CCC1=CCCC(C)(B(Br)Br)C1. The third-order valence-electron chi connectivity index (χ3n) is 3.08. The van der Waals surface area contributed by atoms with Gasteiger partial charge in [0.25, 0.3) is 0 Å². The Balaban J connectivity index is 2.63. The van der Waals surface area contributed by atoms with E-state index in [9.17, 15) is 0 Å². The zero-order chi connectivity index (χ0) is 11.5. The number of hydrogen-bond donors (Lipinski definition) is 0. The Morgan fingerprint density at radius 3 is 2.73 bits per heavy atom. The molecule has 0 bridgehead atoms. The smallest absolute Gasteiger partial charge is 0.139 e. The van der Waals surface area contributed by atoms with E-state index in [1.54, 1.807) is 5.57 Å². The average Bonchev–Trinajstić information content (AvgIpc) is 2.15. The van der Waals surface area contributed by atoms with Crippen LogP contribution in [0.4, 0.5) is 0 Å². The van der Waals surface area contributed by atoms with E-state index < -0.39 is 0 Å². The van der Waals surface area contributed by atoms with Crippen molar-refractivity contribution >= 4 is 35.9 Å². The quantitative estimate of drug-likeness (QED) is 0.473. The average molecular weight is 334 g/mol. The molecule has 3 heteroatoms. The third kappa shape index (κ3) is 4.11. The van der Waals surface area contributed by atoms with E-state index in [0.29, 0.717) is 9.68 Å². The summed E-state index contributed by atoms with van der Waals surface area (Å²) in [6.07, 6.45) is 9.57. The van der Waals surface area contributed by atoms with Gasteiger partial charge in [-0.3, -0.25) is 0 Å². The van der Waals surface area contributed by atoms with Crippen molar-refractivity contribution in [1.29, 1.82) is 0 Å². The van der Waals surface area contributed by atoms with Gasteiger partial charge in [0, 0.05) is 0 Å². The van der Waals surface area contributed by atoms with Gasteiger partial charge in [-0.05, 0) is 44.8 Å². The molecule has 1 aliphatic carbocycles. The summed E-state index contributed by atoms with van der Waals surface area (Å²) in [6, 6.07) is 0. The van der Waals surface area contributed by atoms with Gasteiger partial charge in [-0.25, -0.2) is 0 Å². The fourth-order valence-corrected chi connectivity index (χ4v) is 2.74. The molecule has 0 aromatic carbocycles. The van der Waals surface area contributed by atoms with Gasteiger partial charge in [-0.15, -0.1) is 31.5 Å². The topological polar surface area (TPSA) is 0 Å². The Bertz CT molecular complexity index is 277. The first-order valence-electron chi connectivity index (χ1n) is 5.53. The maximum Gasteiger partial charge on any atom is 0.304 e. The summed E-state index contributed by atoms with van der Waals surface area (Å²) in [6.45, 7) is 6.69. The second kappa shape index (κ2) is 5.72. The zero-order valence-electron chi connectivity index (χ0n) is 9.82. The molecular weight excluding hydrogens is 315 g/mol. The molecule has 0 spiro atoms. The summed E-state index contributed by atoms with van der Waals surface area (Å²) in [4.78, 5) is 0. The molecule has 15 heavy (non-hydrogen) atoms. The third-order valence-corrected chi connectivity index (χ3v) is 5.29. The minimum absolute atomic E-state index is 0.375. The normalized spacial score (nSPS) is 25.8. The monoisotopic (exact) mass is 332 g/mol. The van der Waals surface area contributed by atoms with Gasteiger partial charge in [0.1, 0.15) is 0 Å². The predicted molar refractivity (Wildman–Crippen MR) is 78.0 cm³/mol. The molecule has 1 aliphatic rings. The second-order valence-corrected chi connectivity index (χ2v) is 8.08. The van der Waals surface area contributed by atoms with E-state index in [1.165, 1.54) is 24.8 Å². The molecule has 0 radical (unpaired) electrons. The standard InChI is InChI=1S/C12H19BBr2/c1-10(2)6-7-11-5-4-8-12(3,9-11)13(14)15/h5-6H,4,7-9H2,1-3H3. The number of allylic oxidation sites excluding steroid dienone is 4. The van der Waals surface area contributed by atoms with Gasteiger partial charge in [0.15, 0.2) is 0 Å². The summed E-state index contributed by atoms with van der Waals surface area (Å²) < 4.78 is 0.424. The number of rotatable bonds is 3. The zero-order valence-corrected chi connectivity index (χ0v) is 13.0. The lowest BCUT2D eigenvalue weighted by molar-refractivity contribution is 0.526. The van der Waals surface area contributed by atoms with Crippen molar-refractivity contribution in [3.63, 3.8) is 0 Å². The molecule has 0 aromatic heterocycles. The summed E-state index contributed by atoms with van der Waals surface area (Å²) in [7, 11) is 0.